The van der Waals surface area contributed by atoms with E-state index in [1.54, 1.807) is 7.11 Å². The van der Waals surface area contributed by atoms with Crippen LogP contribution in [0.3, 0.4) is 0 Å². The van der Waals surface area contributed by atoms with Gasteiger partial charge in [0.25, 0.3) is 0 Å². The molecule has 104 valence electrons. The number of hydrogen-bond donors (Lipinski definition) is 0. The highest BCUT2D eigenvalue weighted by Crippen LogP contribution is 2.20. The van der Waals surface area contributed by atoms with Crippen LogP contribution >= 0.6 is 0 Å². The van der Waals surface area contributed by atoms with Crippen molar-refractivity contribution in [1.82, 2.24) is 4.98 Å². The van der Waals surface area contributed by atoms with Gasteiger partial charge in [0.05, 0.1) is 18.2 Å². The van der Waals surface area contributed by atoms with Gasteiger partial charge < -0.3 is 4.74 Å². The van der Waals surface area contributed by atoms with Crippen molar-refractivity contribution in [2.24, 2.45) is 0 Å². The fraction of sp³-hybridized carbons (Fsp3) is 0.111. The third-order valence-electron chi connectivity index (χ3n) is 3.46. The summed E-state index contributed by atoms with van der Waals surface area (Å²) >= 11 is 0. The molecule has 0 saturated carbocycles. The summed E-state index contributed by atoms with van der Waals surface area (Å²) in [5, 5.41) is 1.13. The SMILES string of the molecule is COc1ccc(Cc2ccc3ccccc3n2)cc1C=O. The van der Waals surface area contributed by atoms with Crippen molar-refractivity contribution in [3.8, 4) is 5.75 Å². The highest BCUT2D eigenvalue weighted by molar-refractivity contribution is 5.80. The van der Waals surface area contributed by atoms with Crippen molar-refractivity contribution in [3.63, 3.8) is 0 Å². The number of nitrogens with zero attached hydrogens (tertiary/aromatic N) is 1. The van der Waals surface area contributed by atoms with Crippen LogP contribution < -0.4 is 4.74 Å². The third kappa shape index (κ3) is 2.77. The number of fused-ring (bicyclic) bond motifs is 1. The second kappa shape index (κ2) is 5.75. The van der Waals surface area contributed by atoms with Crippen molar-refractivity contribution >= 4 is 17.2 Å². The summed E-state index contributed by atoms with van der Waals surface area (Å²) in [5.74, 6) is 0.597. The maximum atomic E-state index is 11.1. The lowest BCUT2D eigenvalue weighted by Crippen LogP contribution is -1.96. The monoisotopic (exact) mass is 277 g/mol. The first-order valence-corrected chi connectivity index (χ1v) is 6.77. The summed E-state index contributed by atoms with van der Waals surface area (Å²) in [5.41, 5.74) is 3.58. The van der Waals surface area contributed by atoms with Crippen molar-refractivity contribution < 1.29 is 9.53 Å². The number of rotatable bonds is 4. The van der Waals surface area contributed by atoms with Gasteiger partial charge in [-0.2, -0.15) is 0 Å². The molecule has 0 unspecified atom stereocenters. The number of carbonyl (C=O) groups is 1. The molecule has 21 heavy (non-hydrogen) atoms. The van der Waals surface area contributed by atoms with Crippen LogP contribution in [0.2, 0.25) is 0 Å². The Bertz CT molecular complexity index is 796. The van der Waals surface area contributed by atoms with E-state index in [9.17, 15) is 4.79 Å². The molecule has 0 radical (unpaired) electrons. The molecule has 0 amide bonds. The predicted octanol–water partition coefficient (Wildman–Crippen LogP) is 3.65. The molecule has 1 heterocycles. The smallest absolute Gasteiger partial charge is 0.153 e. The standard InChI is InChI=1S/C18H15NO2/c1-21-18-9-6-13(10-15(18)12-20)11-16-8-7-14-4-2-3-5-17(14)19-16/h2-10,12H,11H2,1H3. The van der Waals surface area contributed by atoms with Gasteiger partial charge in [-0.1, -0.05) is 30.3 Å². The van der Waals surface area contributed by atoms with Gasteiger partial charge in [0.2, 0.25) is 0 Å². The van der Waals surface area contributed by atoms with Crippen LogP contribution in [0, 0.1) is 0 Å². The van der Waals surface area contributed by atoms with Crippen LogP contribution in [0.25, 0.3) is 10.9 Å². The van der Waals surface area contributed by atoms with E-state index in [0.717, 1.165) is 28.4 Å². The number of ether oxygens (including phenoxy) is 1. The van der Waals surface area contributed by atoms with Gasteiger partial charge in [-0.3, -0.25) is 9.78 Å². The fourth-order valence-electron chi connectivity index (χ4n) is 2.40. The number of methoxy groups -OCH3 is 1. The van der Waals surface area contributed by atoms with Gasteiger partial charge >= 0.3 is 0 Å². The lowest BCUT2D eigenvalue weighted by Gasteiger charge is -2.07. The minimum absolute atomic E-state index is 0.566. The average molecular weight is 277 g/mol. The Labute approximate surface area is 123 Å². The second-order valence-corrected chi connectivity index (χ2v) is 4.87. The molecule has 0 N–H and O–H groups in total. The lowest BCUT2D eigenvalue weighted by molar-refractivity contribution is 0.112. The van der Waals surface area contributed by atoms with Gasteiger partial charge in [0.1, 0.15) is 5.75 Å². The van der Waals surface area contributed by atoms with E-state index in [2.05, 4.69) is 11.1 Å². The molecule has 0 fully saturated rings. The highest BCUT2D eigenvalue weighted by atomic mass is 16.5. The zero-order valence-corrected chi connectivity index (χ0v) is 11.7. The number of aromatic nitrogens is 1. The quantitative estimate of drug-likeness (QED) is 0.683. The van der Waals surface area contributed by atoms with Crippen molar-refractivity contribution in [3.05, 3.63) is 71.4 Å². The Morgan fingerprint density at radius 3 is 2.76 bits per heavy atom. The zero-order valence-electron chi connectivity index (χ0n) is 11.7. The molecular weight excluding hydrogens is 262 g/mol. The average Bonchev–Trinajstić information content (AvgIpc) is 2.54. The van der Waals surface area contributed by atoms with Crippen LogP contribution in [0.1, 0.15) is 21.6 Å². The fourth-order valence-corrected chi connectivity index (χ4v) is 2.40. The topological polar surface area (TPSA) is 39.2 Å². The van der Waals surface area contributed by atoms with E-state index < -0.39 is 0 Å². The van der Waals surface area contributed by atoms with E-state index in [-0.39, 0.29) is 0 Å². The van der Waals surface area contributed by atoms with E-state index in [1.807, 2.05) is 48.5 Å². The predicted molar refractivity (Wildman–Crippen MR) is 82.9 cm³/mol. The summed E-state index contributed by atoms with van der Waals surface area (Å²) in [6.45, 7) is 0. The molecule has 1 aromatic heterocycles. The molecule has 0 bridgehead atoms. The zero-order chi connectivity index (χ0) is 14.7. The highest BCUT2D eigenvalue weighted by Gasteiger charge is 2.05. The third-order valence-corrected chi connectivity index (χ3v) is 3.46. The number of carbonyl (C=O) groups excluding carboxylic acids is 1. The Balaban J connectivity index is 1.92. The van der Waals surface area contributed by atoms with E-state index in [1.165, 1.54) is 0 Å². The first-order valence-electron chi connectivity index (χ1n) is 6.77. The minimum Gasteiger partial charge on any atom is -0.496 e. The largest absolute Gasteiger partial charge is 0.496 e. The molecule has 0 aliphatic rings. The van der Waals surface area contributed by atoms with E-state index >= 15 is 0 Å². The van der Waals surface area contributed by atoms with Gasteiger partial charge in [0.15, 0.2) is 6.29 Å². The molecule has 0 spiro atoms. The first-order chi connectivity index (χ1) is 10.3. The van der Waals surface area contributed by atoms with Crippen molar-refractivity contribution in [2.45, 2.75) is 6.42 Å². The molecule has 0 aliphatic heterocycles. The number of aldehydes is 1. The van der Waals surface area contributed by atoms with Crippen LogP contribution in [-0.4, -0.2) is 18.4 Å². The molecular formula is C18H15NO2. The van der Waals surface area contributed by atoms with Gasteiger partial charge in [0, 0.05) is 17.5 Å². The Morgan fingerprint density at radius 1 is 1.10 bits per heavy atom. The maximum Gasteiger partial charge on any atom is 0.153 e. The van der Waals surface area contributed by atoms with Gasteiger partial charge in [-0.05, 0) is 29.8 Å². The Hall–Kier alpha value is -2.68. The number of hydrogen-bond acceptors (Lipinski definition) is 3. The molecule has 2 aromatic carbocycles. The van der Waals surface area contributed by atoms with Crippen LogP contribution in [-0.2, 0) is 6.42 Å². The summed E-state index contributed by atoms with van der Waals surface area (Å²) in [4.78, 5) is 15.7. The van der Waals surface area contributed by atoms with Gasteiger partial charge in [-0.15, -0.1) is 0 Å². The number of pyridine rings is 1. The summed E-state index contributed by atoms with van der Waals surface area (Å²) in [6.07, 6.45) is 1.51. The summed E-state index contributed by atoms with van der Waals surface area (Å²) < 4.78 is 5.15. The van der Waals surface area contributed by atoms with Gasteiger partial charge in [-0.25, -0.2) is 0 Å². The summed E-state index contributed by atoms with van der Waals surface area (Å²) in [7, 11) is 1.56. The normalized spacial score (nSPS) is 10.5. The van der Waals surface area contributed by atoms with Crippen LogP contribution in [0.5, 0.6) is 5.75 Å². The molecule has 0 atom stereocenters. The number of para-hydroxylation sites is 1. The lowest BCUT2D eigenvalue weighted by atomic mass is 10.0. The molecule has 3 rings (SSSR count). The van der Waals surface area contributed by atoms with E-state index in [4.69, 9.17) is 4.74 Å². The molecule has 3 aromatic rings. The first kappa shape index (κ1) is 13.3. The van der Waals surface area contributed by atoms with Crippen LogP contribution in [0.4, 0.5) is 0 Å². The Morgan fingerprint density at radius 2 is 1.95 bits per heavy atom. The minimum atomic E-state index is 0.566. The number of benzene rings is 2. The molecule has 0 saturated heterocycles. The van der Waals surface area contributed by atoms with Crippen molar-refractivity contribution in [1.29, 1.82) is 0 Å². The molecule has 0 aliphatic carbocycles. The van der Waals surface area contributed by atoms with E-state index in [0.29, 0.717) is 17.7 Å². The van der Waals surface area contributed by atoms with Crippen LogP contribution in [0.15, 0.2) is 54.6 Å². The molecule has 3 heteroatoms. The second-order valence-electron chi connectivity index (χ2n) is 4.87. The Kier molecular flexibility index (Phi) is 3.65. The van der Waals surface area contributed by atoms with Crippen molar-refractivity contribution in [2.75, 3.05) is 7.11 Å². The molecule has 3 nitrogen and oxygen atoms in total. The summed E-state index contributed by atoms with van der Waals surface area (Å²) in [6, 6.07) is 17.8. The maximum absolute atomic E-state index is 11.1.